The molecule has 0 aromatic heterocycles. The molecule has 3 N–H and O–H groups in total. The molecule has 1 saturated carbocycles. The topological polar surface area (TPSA) is 67.8 Å². The molecule has 33 heavy (non-hydrogen) atoms. The smallest absolute Gasteiger partial charge is 0.255 e. The van der Waals surface area contributed by atoms with E-state index in [-0.39, 0.29) is 5.91 Å². The molecule has 1 amide bonds. The number of anilines is 3. The summed E-state index contributed by atoms with van der Waals surface area (Å²) in [6.07, 6.45) is 5.11. The average Bonchev–Trinajstić information content (AvgIpc) is 3.31. The molecule has 0 radical (unpaired) electrons. The third kappa shape index (κ3) is 6.06. The molecular formula is C27H38N4O2. The minimum Gasteiger partial charge on any atom is -0.374 e. The first-order valence-corrected chi connectivity index (χ1v) is 12.3. The Morgan fingerprint density at radius 3 is 2.21 bits per heavy atom. The number of benzene rings is 2. The lowest BCUT2D eigenvalue weighted by Gasteiger charge is -2.30. The van der Waals surface area contributed by atoms with Gasteiger partial charge >= 0.3 is 0 Å². The highest BCUT2D eigenvalue weighted by Gasteiger charge is 2.25. The number of nitrogens with zero attached hydrogens (tertiary/aromatic N) is 2. The number of hydrogen-bond donors (Lipinski definition) is 3. The Morgan fingerprint density at radius 1 is 0.970 bits per heavy atom. The van der Waals surface area contributed by atoms with Crippen LogP contribution >= 0.6 is 0 Å². The fourth-order valence-electron chi connectivity index (χ4n) is 4.96. The summed E-state index contributed by atoms with van der Waals surface area (Å²) in [5.74, 6) is 0.921. The SMILES string of the molecule is CC1CCC(C(O)Nc2ccc(C(=O)Nc3ccc(N4CCC(N(C)C)C4)cc3)cc2)CC1. The highest BCUT2D eigenvalue weighted by Crippen LogP contribution is 2.31. The Labute approximate surface area is 198 Å². The van der Waals surface area contributed by atoms with Gasteiger partial charge in [0.1, 0.15) is 6.23 Å². The zero-order chi connectivity index (χ0) is 23.4. The Morgan fingerprint density at radius 2 is 1.61 bits per heavy atom. The third-order valence-corrected chi connectivity index (χ3v) is 7.35. The second kappa shape index (κ2) is 10.6. The number of amides is 1. The predicted molar refractivity (Wildman–Crippen MR) is 136 cm³/mol. The lowest BCUT2D eigenvalue weighted by Crippen LogP contribution is -2.31. The van der Waals surface area contributed by atoms with Gasteiger partial charge in [0.2, 0.25) is 0 Å². The van der Waals surface area contributed by atoms with Crippen LogP contribution in [-0.2, 0) is 0 Å². The Hall–Kier alpha value is -2.57. The zero-order valence-electron chi connectivity index (χ0n) is 20.1. The van der Waals surface area contributed by atoms with E-state index in [0.29, 0.717) is 17.5 Å². The van der Waals surface area contributed by atoms with Gasteiger partial charge in [0.05, 0.1) is 0 Å². The number of aliphatic hydroxyl groups excluding tert-OH is 1. The van der Waals surface area contributed by atoms with Crippen LogP contribution in [0.2, 0.25) is 0 Å². The maximum atomic E-state index is 12.7. The third-order valence-electron chi connectivity index (χ3n) is 7.35. The summed E-state index contributed by atoms with van der Waals surface area (Å²) in [5, 5.41) is 16.7. The van der Waals surface area contributed by atoms with Crippen LogP contribution in [0.15, 0.2) is 48.5 Å². The lowest BCUT2D eigenvalue weighted by atomic mass is 9.82. The lowest BCUT2D eigenvalue weighted by molar-refractivity contribution is 0.0980. The second-order valence-electron chi connectivity index (χ2n) is 10.0. The van der Waals surface area contributed by atoms with Crippen LogP contribution in [0.3, 0.4) is 0 Å². The number of hydrogen-bond acceptors (Lipinski definition) is 5. The summed E-state index contributed by atoms with van der Waals surface area (Å²) in [6.45, 7) is 4.37. The van der Waals surface area contributed by atoms with Crippen molar-refractivity contribution in [3.8, 4) is 0 Å². The minimum absolute atomic E-state index is 0.134. The summed E-state index contributed by atoms with van der Waals surface area (Å²) in [5.41, 5.74) is 3.41. The quantitative estimate of drug-likeness (QED) is 0.537. The van der Waals surface area contributed by atoms with Crippen molar-refractivity contribution in [2.75, 3.05) is 42.7 Å². The standard InChI is InChI=1S/C27H38N4O2/c1-19-4-6-20(7-5-19)26(32)28-22-10-8-21(9-11-22)27(33)29-23-12-14-24(15-13-23)31-17-16-25(18-31)30(2)3/h8-15,19-20,25-26,28,32H,4-7,16-18H2,1-3H3,(H,29,33). The molecule has 6 heteroatoms. The van der Waals surface area contributed by atoms with Gasteiger partial charge in [-0.25, -0.2) is 0 Å². The van der Waals surface area contributed by atoms with E-state index in [1.54, 1.807) is 12.1 Å². The molecule has 2 aromatic rings. The number of rotatable bonds is 7. The van der Waals surface area contributed by atoms with E-state index in [1.807, 2.05) is 24.3 Å². The molecular weight excluding hydrogens is 412 g/mol. The number of nitrogens with one attached hydrogen (secondary N) is 2. The van der Waals surface area contributed by atoms with Crippen molar-refractivity contribution in [3.63, 3.8) is 0 Å². The fourth-order valence-corrected chi connectivity index (χ4v) is 4.96. The summed E-state index contributed by atoms with van der Waals surface area (Å²) in [4.78, 5) is 17.4. The highest BCUT2D eigenvalue weighted by atomic mass is 16.3. The van der Waals surface area contributed by atoms with Crippen LogP contribution in [0, 0.1) is 11.8 Å². The normalized spacial score (nSPS) is 24.0. The summed E-state index contributed by atoms with van der Waals surface area (Å²) in [7, 11) is 4.27. The number of aliphatic hydroxyl groups is 1. The molecule has 6 nitrogen and oxygen atoms in total. The van der Waals surface area contributed by atoms with Gasteiger partial charge in [-0.3, -0.25) is 4.79 Å². The first-order valence-electron chi connectivity index (χ1n) is 12.3. The Bertz CT molecular complexity index is 905. The summed E-state index contributed by atoms with van der Waals surface area (Å²) >= 11 is 0. The maximum Gasteiger partial charge on any atom is 0.255 e. The van der Waals surface area contributed by atoms with Crippen molar-refractivity contribution < 1.29 is 9.90 Å². The first kappa shape index (κ1) is 23.6. The van der Waals surface area contributed by atoms with Crippen LogP contribution in [0.5, 0.6) is 0 Å². The molecule has 2 unspecified atom stereocenters. The maximum absolute atomic E-state index is 12.7. The van der Waals surface area contributed by atoms with E-state index in [4.69, 9.17) is 0 Å². The molecule has 2 fully saturated rings. The fraction of sp³-hybridized carbons (Fsp3) is 0.519. The molecule has 1 aliphatic heterocycles. The number of carbonyl (C=O) groups excluding carboxylic acids is 1. The van der Waals surface area contributed by atoms with Gasteiger partial charge < -0.3 is 25.5 Å². The minimum atomic E-state index is -0.542. The van der Waals surface area contributed by atoms with Crippen molar-refractivity contribution in [2.45, 2.75) is 51.3 Å². The first-order chi connectivity index (χ1) is 15.9. The molecule has 2 atom stereocenters. The zero-order valence-corrected chi connectivity index (χ0v) is 20.1. The van der Waals surface area contributed by atoms with E-state index in [9.17, 15) is 9.90 Å². The molecule has 1 heterocycles. The monoisotopic (exact) mass is 450 g/mol. The van der Waals surface area contributed by atoms with Crippen LogP contribution in [-0.4, -0.2) is 55.4 Å². The number of likely N-dealkylation sites (N-methyl/N-ethyl adjacent to an activating group) is 1. The van der Waals surface area contributed by atoms with E-state index < -0.39 is 6.23 Å². The van der Waals surface area contributed by atoms with Crippen molar-refractivity contribution in [1.29, 1.82) is 0 Å². The molecule has 0 bridgehead atoms. The Kier molecular flexibility index (Phi) is 7.56. The molecule has 4 rings (SSSR count). The van der Waals surface area contributed by atoms with E-state index in [2.05, 4.69) is 53.6 Å². The van der Waals surface area contributed by atoms with Gasteiger partial charge in [-0.05, 0) is 87.8 Å². The second-order valence-corrected chi connectivity index (χ2v) is 10.0. The van der Waals surface area contributed by atoms with Crippen LogP contribution in [0.1, 0.15) is 49.4 Å². The van der Waals surface area contributed by atoms with Gasteiger partial charge in [0.25, 0.3) is 5.91 Å². The van der Waals surface area contributed by atoms with E-state index >= 15 is 0 Å². The van der Waals surface area contributed by atoms with E-state index in [1.165, 1.54) is 24.9 Å². The summed E-state index contributed by atoms with van der Waals surface area (Å²) in [6, 6.07) is 16.0. The average molecular weight is 451 g/mol. The van der Waals surface area contributed by atoms with Crippen molar-refractivity contribution in [2.24, 2.45) is 11.8 Å². The van der Waals surface area contributed by atoms with Gasteiger partial charge in [0, 0.05) is 47.7 Å². The van der Waals surface area contributed by atoms with Gasteiger partial charge in [0.15, 0.2) is 0 Å². The van der Waals surface area contributed by atoms with Gasteiger partial charge in [-0.2, -0.15) is 0 Å². The molecule has 0 spiro atoms. The van der Waals surface area contributed by atoms with Gasteiger partial charge in [-0.15, -0.1) is 0 Å². The van der Waals surface area contributed by atoms with E-state index in [0.717, 1.165) is 43.2 Å². The molecule has 2 aromatic carbocycles. The van der Waals surface area contributed by atoms with Crippen molar-refractivity contribution in [1.82, 2.24) is 4.90 Å². The van der Waals surface area contributed by atoms with Crippen molar-refractivity contribution >= 4 is 23.0 Å². The molecule has 1 aliphatic carbocycles. The number of carbonyl (C=O) groups is 1. The molecule has 1 saturated heterocycles. The largest absolute Gasteiger partial charge is 0.374 e. The highest BCUT2D eigenvalue weighted by molar-refractivity contribution is 6.04. The van der Waals surface area contributed by atoms with Crippen LogP contribution in [0.4, 0.5) is 17.1 Å². The molecule has 2 aliphatic rings. The van der Waals surface area contributed by atoms with Crippen LogP contribution in [0.25, 0.3) is 0 Å². The summed E-state index contributed by atoms with van der Waals surface area (Å²) < 4.78 is 0. The Balaban J connectivity index is 1.29. The van der Waals surface area contributed by atoms with Gasteiger partial charge in [-0.1, -0.05) is 19.8 Å². The van der Waals surface area contributed by atoms with Crippen LogP contribution < -0.4 is 15.5 Å². The molecule has 178 valence electrons. The van der Waals surface area contributed by atoms with Crippen molar-refractivity contribution in [3.05, 3.63) is 54.1 Å². The predicted octanol–water partition coefficient (Wildman–Crippen LogP) is 4.64.